The summed E-state index contributed by atoms with van der Waals surface area (Å²) in [6, 6.07) is 6.16. The predicted molar refractivity (Wildman–Crippen MR) is 102 cm³/mol. The topological polar surface area (TPSA) is 122 Å². The highest BCUT2D eigenvalue weighted by Crippen LogP contribution is 2.24. The van der Waals surface area contributed by atoms with Crippen LogP contribution in [-0.2, 0) is 24.8 Å². The zero-order chi connectivity index (χ0) is 20.1. The molecule has 1 aromatic rings. The molecule has 0 amide bonds. The van der Waals surface area contributed by atoms with Gasteiger partial charge in [-0.1, -0.05) is 18.2 Å². The maximum absolute atomic E-state index is 12.7. The van der Waals surface area contributed by atoms with Crippen LogP contribution in [0.4, 0.5) is 0 Å². The summed E-state index contributed by atoms with van der Waals surface area (Å²) in [5.74, 6) is 0.0144. The van der Waals surface area contributed by atoms with Gasteiger partial charge in [0.2, 0.25) is 20.0 Å². The van der Waals surface area contributed by atoms with E-state index in [0.29, 0.717) is 24.8 Å². The summed E-state index contributed by atoms with van der Waals surface area (Å²) in [5, 5.41) is 9.62. The van der Waals surface area contributed by atoms with Crippen LogP contribution in [-0.4, -0.2) is 59.1 Å². The second-order valence-electron chi connectivity index (χ2n) is 6.64. The van der Waals surface area contributed by atoms with Crippen molar-refractivity contribution in [2.45, 2.75) is 56.3 Å². The van der Waals surface area contributed by atoms with Gasteiger partial charge in [0.05, 0.1) is 35.5 Å². The number of aliphatic hydroxyl groups excluding tert-OH is 1. The van der Waals surface area contributed by atoms with Gasteiger partial charge >= 0.3 is 0 Å². The maximum Gasteiger partial charge on any atom is 0.241 e. The molecular formula is C17H28N2O6S2. The molecule has 1 heterocycles. The Kier molecular flexibility index (Phi) is 7.78. The number of benzene rings is 1. The van der Waals surface area contributed by atoms with Gasteiger partial charge in [-0.2, -0.15) is 0 Å². The lowest BCUT2D eigenvalue weighted by molar-refractivity contribution is -0.0869. The number of aliphatic hydroxyl groups is 1. The average Bonchev–Trinajstić information content (AvgIpc) is 2.62. The molecule has 0 aromatic heterocycles. The molecule has 0 spiro atoms. The molecule has 3 atom stereocenters. The first kappa shape index (κ1) is 22.3. The number of hydrogen-bond acceptors (Lipinski definition) is 6. The van der Waals surface area contributed by atoms with Gasteiger partial charge in [0, 0.05) is 6.54 Å². The molecule has 0 aliphatic carbocycles. The van der Waals surface area contributed by atoms with Gasteiger partial charge in [0.15, 0.2) is 0 Å². The maximum atomic E-state index is 12.7. The van der Waals surface area contributed by atoms with Gasteiger partial charge in [0.1, 0.15) is 0 Å². The third-order valence-corrected chi connectivity index (χ3v) is 7.71. The van der Waals surface area contributed by atoms with Crippen molar-refractivity contribution in [1.82, 2.24) is 9.44 Å². The molecule has 10 heteroatoms. The quantitative estimate of drug-likeness (QED) is 0.535. The standard InChI is InChI=1S/C17H28N2O6S2/c1-3-26(21,22)18-11-10-14-8-9-15(16(12-20)25-14)19-27(23,24)17-7-5-4-6-13(17)2/h4-7,14-16,18-20H,3,8-12H2,1-2H3/t14-,15-,16-/m0/s1. The molecule has 1 aliphatic rings. The van der Waals surface area contributed by atoms with E-state index in [1.54, 1.807) is 32.0 Å². The Labute approximate surface area is 161 Å². The Morgan fingerprint density at radius 3 is 2.52 bits per heavy atom. The van der Waals surface area contributed by atoms with Gasteiger partial charge in [-0.3, -0.25) is 0 Å². The molecule has 27 heavy (non-hydrogen) atoms. The predicted octanol–water partition coefficient (Wildman–Crippen LogP) is 0.511. The van der Waals surface area contributed by atoms with Gasteiger partial charge in [-0.25, -0.2) is 26.3 Å². The van der Waals surface area contributed by atoms with Gasteiger partial charge < -0.3 is 9.84 Å². The summed E-state index contributed by atoms with van der Waals surface area (Å²) in [6.45, 7) is 3.21. The molecule has 2 rings (SSSR count). The molecule has 1 aromatic carbocycles. The van der Waals surface area contributed by atoms with Crippen LogP contribution in [0.1, 0.15) is 31.7 Å². The van der Waals surface area contributed by atoms with E-state index in [0.717, 1.165) is 0 Å². The number of nitrogens with one attached hydrogen (secondary N) is 2. The minimum atomic E-state index is -3.72. The van der Waals surface area contributed by atoms with Crippen LogP contribution >= 0.6 is 0 Å². The molecule has 0 unspecified atom stereocenters. The van der Waals surface area contributed by atoms with Gasteiger partial charge in [-0.15, -0.1) is 0 Å². The molecule has 0 bridgehead atoms. The highest BCUT2D eigenvalue weighted by molar-refractivity contribution is 7.89. The minimum Gasteiger partial charge on any atom is -0.394 e. The van der Waals surface area contributed by atoms with E-state index in [1.807, 2.05) is 0 Å². The lowest BCUT2D eigenvalue weighted by Crippen LogP contribution is -2.51. The Hall–Kier alpha value is -1.04. The van der Waals surface area contributed by atoms with Gasteiger partial charge in [0.25, 0.3) is 0 Å². The van der Waals surface area contributed by atoms with E-state index in [1.165, 1.54) is 6.07 Å². The average molecular weight is 421 g/mol. The first-order valence-corrected chi connectivity index (χ1v) is 12.1. The summed E-state index contributed by atoms with van der Waals surface area (Å²) in [6.07, 6.45) is 0.631. The van der Waals surface area contributed by atoms with Crippen molar-refractivity contribution in [3.63, 3.8) is 0 Å². The first-order valence-electron chi connectivity index (χ1n) is 9.00. The van der Waals surface area contributed by atoms with Gasteiger partial charge in [-0.05, 0) is 44.7 Å². The smallest absolute Gasteiger partial charge is 0.241 e. The molecule has 0 radical (unpaired) electrons. The van der Waals surface area contributed by atoms with E-state index >= 15 is 0 Å². The Bertz CT molecular complexity index is 826. The SMILES string of the molecule is CCS(=O)(=O)NCC[C@@H]1CC[C@H](NS(=O)(=O)c2ccccc2C)[C@H](CO)O1. The largest absolute Gasteiger partial charge is 0.394 e. The van der Waals surface area contributed by atoms with Crippen molar-refractivity contribution in [2.24, 2.45) is 0 Å². The van der Waals surface area contributed by atoms with Crippen LogP contribution in [0.3, 0.4) is 0 Å². The Morgan fingerprint density at radius 2 is 1.89 bits per heavy atom. The van der Waals surface area contributed by atoms with E-state index < -0.39 is 32.2 Å². The van der Waals surface area contributed by atoms with E-state index in [9.17, 15) is 21.9 Å². The van der Waals surface area contributed by atoms with Crippen molar-refractivity contribution >= 4 is 20.0 Å². The summed E-state index contributed by atoms with van der Waals surface area (Å²) in [7, 11) is -6.98. The molecule has 154 valence electrons. The fourth-order valence-corrected chi connectivity index (χ4v) is 5.25. The van der Waals surface area contributed by atoms with Crippen molar-refractivity contribution < 1.29 is 26.7 Å². The summed E-state index contributed by atoms with van der Waals surface area (Å²) in [5.41, 5.74) is 0.642. The summed E-state index contributed by atoms with van der Waals surface area (Å²) < 4.78 is 59.2. The summed E-state index contributed by atoms with van der Waals surface area (Å²) >= 11 is 0. The van der Waals surface area contributed by atoms with E-state index in [2.05, 4.69) is 9.44 Å². The lowest BCUT2D eigenvalue weighted by atomic mass is 9.98. The number of aryl methyl sites for hydroxylation is 1. The number of ether oxygens (including phenoxy) is 1. The van der Waals surface area contributed by atoms with Crippen LogP contribution in [0.2, 0.25) is 0 Å². The molecule has 0 saturated carbocycles. The van der Waals surface area contributed by atoms with E-state index in [-0.39, 0.29) is 29.9 Å². The Morgan fingerprint density at radius 1 is 1.19 bits per heavy atom. The summed E-state index contributed by atoms with van der Waals surface area (Å²) in [4.78, 5) is 0.206. The Balaban J connectivity index is 1.96. The van der Waals surface area contributed by atoms with Crippen LogP contribution in [0, 0.1) is 6.92 Å². The number of hydrogen-bond donors (Lipinski definition) is 3. The molecule has 8 nitrogen and oxygen atoms in total. The molecule has 1 aliphatic heterocycles. The van der Waals surface area contributed by atoms with Crippen LogP contribution in [0.15, 0.2) is 29.2 Å². The van der Waals surface area contributed by atoms with Crippen molar-refractivity contribution in [1.29, 1.82) is 0 Å². The third-order valence-electron chi connectivity index (χ3n) is 4.65. The highest BCUT2D eigenvalue weighted by Gasteiger charge is 2.34. The molecule has 1 fully saturated rings. The zero-order valence-corrected chi connectivity index (χ0v) is 17.2. The monoisotopic (exact) mass is 420 g/mol. The zero-order valence-electron chi connectivity index (χ0n) is 15.6. The third kappa shape index (κ3) is 6.23. The fraction of sp³-hybridized carbons (Fsp3) is 0.647. The first-order chi connectivity index (χ1) is 12.7. The fourth-order valence-electron chi connectivity index (χ4n) is 3.08. The number of sulfonamides is 2. The normalized spacial score (nSPS) is 24.0. The second-order valence-corrected chi connectivity index (χ2v) is 10.4. The van der Waals surface area contributed by atoms with Crippen molar-refractivity contribution in [3.05, 3.63) is 29.8 Å². The van der Waals surface area contributed by atoms with E-state index in [4.69, 9.17) is 4.74 Å². The van der Waals surface area contributed by atoms with Crippen LogP contribution in [0.5, 0.6) is 0 Å². The molecule has 1 saturated heterocycles. The number of rotatable bonds is 9. The van der Waals surface area contributed by atoms with Crippen LogP contribution < -0.4 is 9.44 Å². The lowest BCUT2D eigenvalue weighted by Gasteiger charge is -2.36. The second kappa shape index (κ2) is 9.44. The van der Waals surface area contributed by atoms with Crippen molar-refractivity contribution in [3.8, 4) is 0 Å². The highest BCUT2D eigenvalue weighted by atomic mass is 32.2. The minimum absolute atomic E-state index is 0.0144. The van der Waals surface area contributed by atoms with Crippen LogP contribution in [0.25, 0.3) is 0 Å². The van der Waals surface area contributed by atoms with Crippen molar-refractivity contribution in [2.75, 3.05) is 18.9 Å². The molecular weight excluding hydrogens is 392 g/mol. The molecule has 3 N–H and O–H groups in total.